The zero-order valence-electron chi connectivity index (χ0n) is 21.7. The summed E-state index contributed by atoms with van der Waals surface area (Å²) in [5, 5.41) is 0.356. The Hall–Kier alpha value is -3.62. The molecule has 3 aromatic rings. The van der Waals surface area contributed by atoms with Crippen molar-refractivity contribution < 1.29 is 19.0 Å². The van der Waals surface area contributed by atoms with Gasteiger partial charge in [-0.1, -0.05) is 65.4 Å². The number of benzene rings is 2. The molecule has 4 rings (SSSR count). The SMILES string of the molecule is C=CCOc1c(Cl)cc(/C=c2/sc3n(c2=O)[C@H](c2ccc(C)cc2)C(C(=O)OCC)=C(C)N=3)cc1OCC. The minimum atomic E-state index is -0.662. The Balaban J connectivity index is 1.90. The normalized spacial score (nSPS) is 15.1. The highest BCUT2D eigenvalue weighted by atomic mass is 35.5. The van der Waals surface area contributed by atoms with Gasteiger partial charge in [0, 0.05) is 0 Å². The first kappa shape index (κ1) is 27.4. The molecule has 0 unspecified atom stereocenters. The van der Waals surface area contributed by atoms with Gasteiger partial charge in [0.2, 0.25) is 0 Å². The fraction of sp³-hybridized carbons (Fsp3) is 0.276. The Morgan fingerprint density at radius 2 is 1.89 bits per heavy atom. The van der Waals surface area contributed by atoms with Gasteiger partial charge in [-0.05, 0) is 57.0 Å². The van der Waals surface area contributed by atoms with Crippen molar-refractivity contribution in [3.63, 3.8) is 0 Å². The van der Waals surface area contributed by atoms with Gasteiger partial charge in [0.05, 0.1) is 40.1 Å². The molecule has 0 radical (unpaired) electrons. The Bertz CT molecular complexity index is 1580. The molecule has 0 saturated carbocycles. The number of aryl methyl sites for hydroxylation is 1. The van der Waals surface area contributed by atoms with Gasteiger partial charge in [-0.15, -0.1) is 0 Å². The van der Waals surface area contributed by atoms with E-state index in [0.29, 0.717) is 49.3 Å². The third kappa shape index (κ3) is 5.47. The summed E-state index contributed by atoms with van der Waals surface area (Å²) in [6.45, 7) is 11.9. The molecule has 0 bridgehead atoms. The smallest absolute Gasteiger partial charge is 0.338 e. The average Bonchev–Trinajstić information content (AvgIpc) is 3.17. The van der Waals surface area contributed by atoms with Crippen LogP contribution in [0, 0.1) is 6.92 Å². The van der Waals surface area contributed by atoms with Crippen LogP contribution in [0.4, 0.5) is 0 Å². The minimum Gasteiger partial charge on any atom is -0.490 e. The minimum absolute atomic E-state index is 0.218. The van der Waals surface area contributed by atoms with Crippen molar-refractivity contribution in [2.45, 2.75) is 33.7 Å². The number of nitrogens with zero attached hydrogens (tertiary/aromatic N) is 2. The number of carbonyl (C=O) groups excluding carboxylic acids is 1. The van der Waals surface area contributed by atoms with Gasteiger partial charge in [0.25, 0.3) is 5.56 Å². The predicted molar refractivity (Wildman–Crippen MR) is 150 cm³/mol. The molecule has 1 aromatic heterocycles. The first-order valence-corrected chi connectivity index (χ1v) is 13.4. The lowest BCUT2D eigenvalue weighted by molar-refractivity contribution is -0.139. The summed E-state index contributed by atoms with van der Waals surface area (Å²) in [4.78, 5) is 31.9. The summed E-state index contributed by atoms with van der Waals surface area (Å²) < 4.78 is 18.8. The molecule has 0 amide bonds. The number of hydrogen-bond acceptors (Lipinski definition) is 7. The number of carbonyl (C=O) groups is 1. The van der Waals surface area contributed by atoms with E-state index in [1.165, 1.54) is 11.3 Å². The zero-order chi connectivity index (χ0) is 27.4. The Morgan fingerprint density at radius 3 is 2.55 bits per heavy atom. The fourth-order valence-corrected chi connectivity index (χ4v) is 5.54. The maximum Gasteiger partial charge on any atom is 0.338 e. The second-order valence-corrected chi connectivity index (χ2v) is 9.99. The van der Waals surface area contributed by atoms with Crippen LogP contribution in [0.2, 0.25) is 5.02 Å². The highest BCUT2D eigenvalue weighted by molar-refractivity contribution is 7.07. The van der Waals surface area contributed by atoms with Gasteiger partial charge in [-0.3, -0.25) is 9.36 Å². The standard InChI is InChI=1S/C29H29ClN2O5S/c1-6-13-37-26-21(30)14-19(15-22(26)35-7-2)16-23-27(33)32-25(20-11-9-17(4)10-12-20)24(28(34)36-8-3)18(5)31-29(32)38-23/h6,9-12,14-16,25H,1,7-8,13H2,2-5H3/b23-16+/t25-/m1/s1. The highest BCUT2D eigenvalue weighted by Crippen LogP contribution is 2.37. The second-order valence-electron chi connectivity index (χ2n) is 8.58. The van der Waals surface area contributed by atoms with E-state index in [2.05, 4.69) is 11.6 Å². The van der Waals surface area contributed by atoms with Crippen molar-refractivity contribution >= 4 is 35.0 Å². The van der Waals surface area contributed by atoms with Crippen molar-refractivity contribution in [2.24, 2.45) is 4.99 Å². The van der Waals surface area contributed by atoms with Crippen LogP contribution in [0.1, 0.15) is 43.5 Å². The second kappa shape index (κ2) is 11.8. The Kier molecular flexibility index (Phi) is 8.54. The van der Waals surface area contributed by atoms with Crippen LogP contribution >= 0.6 is 22.9 Å². The van der Waals surface area contributed by atoms with Crippen molar-refractivity contribution in [3.8, 4) is 11.5 Å². The number of halogens is 1. The van der Waals surface area contributed by atoms with Crippen LogP contribution in [-0.2, 0) is 9.53 Å². The number of thiazole rings is 1. The van der Waals surface area contributed by atoms with Gasteiger partial charge in [0.1, 0.15) is 6.61 Å². The third-order valence-electron chi connectivity index (χ3n) is 5.89. The number of fused-ring (bicyclic) bond motifs is 1. The summed E-state index contributed by atoms with van der Waals surface area (Å²) in [5.41, 5.74) is 3.14. The van der Waals surface area contributed by atoms with Gasteiger partial charge in [0.15, 0.2) is 16.3 Å². The fourth-order valence-electron chi connectivity index (χ4n) is 4.22. The zero-order valence-corrected chi connectivity index (χ0v) is 23.3. The molecular weight excluding hydrogens is 524 g/mol. The Labute approximate surface area is 230 Å². The molecule has 198 valence electrons. The molecule has 2 aromatic carbocycles. The number of allylic oxidation sites excluding steroid dienone is 1. The molecule has 0 spiro atoms. The van der Waals surface area contributed by atoms with E-state index in [1.54, 1.807) is 42.7 Å². The van der Waals surface area contributed by atoms with E-state index < -0.39 is 12.0 Å². The molecule has 0 N–H and O–H groups in total. The van der Waals surface area contributed by atoms with E-state index in [9.17, 15) is 9.59 Å². The molecule has 0 fully saturated rings. The van der Waals surface area contributed by atoms with E-state index in [4.69, 9.17) is 25.8 Å². The molecule has 2 heterocycles. The van der Waals surface area contributed by atoms with Crippen LogP contribution in [0.15, 0.2) is 70.1 Å². The van der Waals surface area contributed by atoms with Gasteiger partial charge in [-0.2, -0.15) is 0 Å². The molecule has 1 aliphatic heterocycles. The number of aromatic nitrogens is 1. The molecule has 0 aliphatic carbocycles. The van der Waals surface area contributed by atoms with Crippen LogP contribution in [0.5, 0.6) is 11.5 Å². The van der Waals surface area contributed by atoms with E-state index in [1.807, 2.05) is 38.1 Å². The van der Waals surface area contributed by atoms with Crippen molar-refractivity contribution in [2.75, 3.05) is 19.8 Å². The number of hydrogen-bond donors (Lipinski definition) is 0. The number of ether oxygens (including phenoxy) is 3. The van der Waals surface area contributed by atoms with Crippen LogP contribution < -0.4 is 24.4 Å². The summed E-state index contributed by atoms with van der Waals surface area (Å²) in [6, 6.07) is 10.6. The van der Waals surface area contributed by atoms with E-state index >= 15 is 0 Å². The summed E-state index contributed by atoms with van der Waals surface area (Å²) in [6.07, 6.45) is 3.36. The maximum absolute atomic E-state index is 13.8. The highest BCUT2D eigenvalue weighted by Gasteiger charge is 2.33. The lowest BCUT2D eigenvalue weighted by atomic mass is 9.95. The monoisotopic (exact) mass is 552 g/mol. The van der Waals surface area contributed by atoms with Crippen molar-refractivity contribution in [1.29, 1.82) is 0 Å². The molecule has 7 nitrogen and oxygen atoms in total. The average molecular weight is 553 g/mol. The molecule has 9 heteroatoms. The van der Waals surface area contributed by atoms with Gasteiger partial charge < -0.3 is 14.2 Å². The summed E-state index contributed by atoms with van der Waals surface area (Å²) in [7, 11) is 0. The largest absolute Gasteiger partial charge is 0.490 e. The summed E-state index contributed by atoms with van der Waals surface area (Å²) >= 11 is 7.76. The van der Waals surface area contributed by atoms with Gasteiger partial charge >= 0.3 is 5.97 Å². The van der Waals surface area contributed by atoms with E-state index in [0.717, 1.165) is 11.1 Å². The molecular formula is C29H29ClN2O5S. The molecule has 1 aliphatic rings. The van der Waals surface area contributed by atoms with Crippen LogP contribution in [0.25, 0.3) is 6.08 Å². The number of rotatable bonds is 9. The predicted octanol–water partition coefficient (Wildman–Crippen LogP) is 4.72. The lowest BCUT2D eigenvalue weighted by Gasteiger charge is -2.24. The number of esters is 1. The van der Waals surface area contributed by atoms with Gasteiger partial charge in [-0.25, -0.2) is 9.79 Å². The first-order valence-electron chi connectivity index (χ1n) is 12.2. The van der Waals surface area contributed by atoms with Crippen LogP contribution in [-0.4, -0.2) is 30.4 Å². The maximum atomic E-state index is 13.8. The molecule has 0 saturated heterocycles. The molecule has 38 heavy (non-hydrogen) atoms. The Morgan fingerprint density at radius 1 is 1.16 bits per heavy atom. The summed E-state index contributed by atoms with van der Waals surface area (Å²) in [5.74, 6) is 0.400. The quantitative estimate of drug-likeness (QED) is 0.283. The van der Waals surface area contributed by atoms with Crippen LogP contribution in [0.3, 0.4) is 0 Å². The molecule has 1 atom stereocenters. The first-order chi connectivity index (χ1) is 18.3. The lowest BCUT2D eigenvalue weighted by Crippen LogP contribution is -2.39. The van der Waals surface area contributed by atoms with Crippen molar-refractivity contribution in [1.82, 2.24) is 4.57 Å². The van der Waals surface area contributed by atoms with E-state index in [-0.39, 0.29) is 18.8 Å². The van der Waals surface area contributed by atoms with Crippen molar-refractivity contribution in [3.05, 3.63) is 102 Å². The third-order valence-corrected chi connectivity index (χ3v) is 7.15. The topological polar surface area (TPSA) is 79.1 Å².